The molecule has 20 heavy (non-hydrogen) atoms. The normalized spacial score (nSPS) is 29.6. The largest absolute Gasteiger partial charge is 0.370 e. The van der Waals surface area contributed by atoms with Crippen molar-refractivity contribution in [1.82, 2.24) is 5.32 Å². The summed E-state index contributed by atoms with van der Waals surface area (Å²) in [6.07, 6.45) is 4.47. The van der Waals surface area contributed by atoms with E-state index in [1.54, 1.807) is 0 Å². The fraction of sp³-hybridized carbons (Fsp3) is 0.769. The summed E-state index contributed by atoms with van der Waals surface area (Å²) in [6, 6.07) is -0.512. The lowest BCUT2D eigenvalue weighted by Gasteiger charge is -2.35. The zero-order valence-corrected chi connectivity index (χ0v) is 11.5. The summed E-state index contributed by atoms with van der Waals surface area (Å²) in [7, 11) is 0. The zero-order valence-electron chi connectivity index (χ0n) is 11.5. The molecule has 1 aliphatic heterocycles. The number of aliphatic imine (C=N–C) groups is 1. The number of guanidine groups is 1. The van der Waals surface area contributed by atoms with Crippen molar-refractivity contribution in [3.63, 3.8) is 0 Å². The van der Waals surface area contributed by atoms with Gasteiger partial charge in [-0.25, -0.2) is 0 Å². The summed E-state index contributed by atoms with van der Waals surface area (Å²) >= 11 is 0. The van der Waals surface area contributed by atoms with Gasteiger partial charge >= 0.3 is 0 Å². The Kier molecular flexibility index (Phi) is 4.46. The molecule has 0 bridgehead atoms. The van der Waals surface area contributed by atoms with Crippen molar-refractivity contribution >= 4 is 17.8 Å². The van der Waals surface area contributed by atoms with Crippen LogP contribution in [0.2, 0.25) is 0 Å². The number of nitrogens with one attached hydrogen (secondary N) is 1. The Bertz CT molecular complexity index is 415. The van der Waals surface area contributed by atoms with Crippen molar-refractivity contribution < 1.29 is 9.59 Å². The number of hydrogen-bond donors (Lipinski definition) is 4. The van der Waals surface area contributed by atoms with E-state index in [9.17, 15) is 9.59 Å². The minimum Gasteiger partial charge on any atom is -0.370 e. The molecule has 2 aliphatic rings. The molecule has 2 amide bonds. The van der Waals surface area contributed by atoms with Gasteiger partial charge in [-0.05, 0) is 43.9 Å². The highest BCUT2D eigenvalue weighted by atomic mass is 16.2. The first kappa shape index (κ1) is 14.6. The van der Waals surface area contributed by atoms with Gasteiger partial charge in [0.2, 0.25) is 11.8 Å². The minimum atomic E-state index is -0.512. The third-order valence-corrected chi connectivity index (χ3v) is 4.22. The number of carbonyl (C=O) groups excluding carboxylic acids is 2. The number of carbonyl (C=O) groups is 2. The zero-order chi connectivity index (χ0) is 14.7. The Morgan fingerprint density at radius 2 is 2.00 bits per heavy atom. The quantitative estimate of drug-likeness (QED) is 0.283. The lowest BCUT2D eigenvalue weighted by molar-refractivity contribution is -0.135. The van der Waals surface area contributed by atoms with Gasteiger partial charge in [0.05, 0.1) is 0 Å². The highest BCUT2D eigenvalue weighted by molar-refractivity contribution is 5.89. The number of nitrogens with zero attached hydrogens (tertiary/aromatic N) is 1. The Morgan fingerprint density at radius 1 is 1.30 bits per heavy atom. The maximum Gasteiger partial charge on any atom is 0.240 e. The van der Waals surface area contributed by atoms with Crippen molar-refractivity contribution in [3.05, 3.63) is 0 Å². The molecule has 1 aliphatic carbocycles. The molecule has 7 heteroatoms. The molecule has 1 heterocycles. The number of piperidine rings is 1. The van der Waals surface area contributed by atoms with Crippen LogP contribution in [0, 0.1) is 17.8 Å². The van der Waals surface area contributed by atoms with Crippen LogP contribution in [0.5, 0.6) is 0 Å². The monoisotopic (exact) mass is 281 g/mol. The standard InChI is InChI=1S/C13H23N5O2/c14-11(19)10-6-9(7-3-4-7)8(12(20)18-10)2-1-5-17-13(15)16/h7-10H,1-6H2,(H2,14,19)(H,18,20)(H4,15,16,17)/t8-,9?,10+/m1/s1. The smallest absolute Gasteiger partial charge is 0.240 e. The number of amides is 2. The molecule has 0 aromatic rings. The van der Waals surface area contributed by atoms with Gasteiger partial charge in [-0.3, -0.25) is 14.6 Å². The van der Waals surface area contributed by atoms with Crippen molar-refractivity contribution in [2.75, 3.05) is 6.54 Å². The van der Waals surface area contributed by atoms with E-state index in [2.05, 4.69) is 10.3 Å². The van der Waals surface area contributed by atoms with Crippen LogP contribution in [0.3, 0.4) is 0 Å². The Balaban J connectivity index is 1.93. The second-order valence-electron chi connectivity index (χ2n) is 5.76. The summed E-state index contributed by atoms with van der Waals surface area (Å²) in [4.78, 5) is 27.4. The molecule has 3 atom stereocenters. The van der Waals surface area contributed by atoms with Crippen LogP contribution >= 0.6 is 0 Å². The first-order chi connectivity index (χ1) is 9.49. The molecule has 0 aromatic heterocycles. The van der Waals surface area contributed by atoms with E-state index < -0.39 is 11.9 Å². The third-order valence-electron chi connectivity index (χ3n) is 4.22. The van der Waals surface area contributed by atoms with Crippen molar-refractivity contribution in [2.45, 2.75) is 38.1 Å². The number of primary amides is 1. The topological polar surface area (TPSA) is 137 Å². The summed E-state index contributed by atoms with van der Waals surface area (Å²) < 4.78 is 0. The van der Waals surface area contributed by atoms with Crippen LogP contribution in [-0.4, -0.2) is 30.4 Å². The molecule has 1 saturated carbocycles. The summed E-state index contributed by atoms with van der Waals surface area (Å²) in [6.45, 7) is 0.531. The van der Waals surface area contributed by atoms with Crippen LogP contribution in [0.4, 0.5) is 0 Å². The van der Waals surface area contributed by atoms with Gasteiger partial charge in [0.1, 0.15) is 6.04 Å². The van der Waals surface area contributed by atoms with E-state index in [1.807, 2.05) is 0 Å². The molecule has 1 saturated heterocycles. The van der Waals surface area contributed by atoms with E-state index in [4.69, 9.17) is 17.2 Å². The van der Waals surface area contributed by atoms with Crippen molar-refractivity contribution in [3.8, 4) is 0 Å². The average molecular weight is 281 g/mol. The van der Waals surface area contributed by atoms with E-state index >= 15 is 0 Å². The number of nitrogens with two attached hydrogens (primary N) is 3. The van der Waals surface area contributed by atoms with Crippen molar-refractivity contribution in [1.29, 1.82) is 0 Å². The maximum atomic E-state index is 12.2. The molecule has 1 unspecified atom stereocenters. The molecular weight excluding hydrogens is 258 g/mol. The van der Waals surface area contributed by atoms with E-state index in [1.165, 1.54) is 0 Å². The third kappa shape index (κ3) is 3.61. The van der Waals surface area contributed by atoms with Gasteiger partial charge in [0.15, 0.2) is 5.96 Å². The van der Waals surface area contributed by atoms with Crippen LogP contribution in [0.25, 0.3) is 0 Å². The second-order valence-corrected chi connectivity index (χ2v) is 5.76. The second kappa shape index (κ2) is 6.11. The molecule has 0 aromatic carbocycles. The lowest BCUT2D eigenvalue weighted by atomic mass is 9.77. The van der Waals surface area contributed by atoms with Crippen LogP contribution in [-0.2, 0) is 9.59 Å². The molecular formula is C13H23N5O2. The molecule has 2 fully saturated rings. The average Bonchev–Trinajstić information content (AvgIpc) is 3.19. The summed E-state index contributed by atoms with van der Waals surface area (Å²) in [5.41, 5.74) is 15.9. The fourth-order valence-corrected chi connectivity index (χ4v) is 3.07. The lowest BCUT2D eigenvalue weighted by Crippen LogP contribution is -2.54. The summed E-state index contributed by atoms with van der Waals surface area (Å²) in [5, 5.41) is 2.73. The Labute approximate surface area is 118 Å². The van der Waals surface area contributed by atoms with Gasteiger partial charge in [-0.1, -0.05) is 0 Å². The van der Waals surface area contributed by atoms with Crippen LogP contribution in [0.1, 0.15) is 32.1 Å². The van der Waals surface area contributed by atoms with E-state index in [0.29, 0.717) is 18.9 Å². The van der Waals surface area contributed by atoms with Gasteiger partial charge in [0, 0.05) is 12.5 Å². The Morgan fingerprint density at radius 3 is 2.55 bits per heavy atom. The van der Waals surface area contributed by atoms with Crippen molar-refractivity contribution in [2.24, 2.45) is 39.9 Å². The van der Waals surface area contributed by atoms with E-state index in [0.717, 1.165) is 25.7 Å². The van der Waals surface area contributed by atoms with Gasteiger partial charge in [-0.2, -0.15) is 0 Å². The first-order valence-corrected chi connectivity index (χ1v) is 7.14. The molecule has 2 rings (SSSR count). The first-order valence-electron chi connectivity index (χ1n) is 7.14. The predicted molar refractivity (Wildman–Crippen MR) is 75.4 cm³/mol. The molecule has 112 valence electrons. The maximum absolute atomic E-state index is 12.2. The molecule has 0 radical (unpaired) electrons. The number of rotatable bonds is 6. The SMILES string of the molecule is NC(=O)[C@@H]1CC(C2CC2)[C@@H](CCCN=C(N)N)C(=O)N1. The van der Waals surface area contributed by atoms with Gasteiger partial charge in [0.25, 0.3) is 0 Å². The fourth-order valence-electron chi connectivity index (χ4n) is 3.07. The molecule has 7 N–H and O–H groups in total. The predicted octanol–water partition coefficient (Wildman–Crippen LogP) is -0.944. The number of hydrogen-bond acceptors (Lipinski definition) is 3. The van der Waals surface area contributed by atoms with E-state index in [-0.39, 0.29) is 23.7 Å². The van der Waals surface area contributed by atoms with Crippen LogP contribution < -0.4 is 22.5 Å². The van der Waals surface area contributed by atoms with Gasteiger partial charge < -0.3 is 22.5 Å². The highest BCUT2D eigenvalue weighted by Crippen LogP contribution is 2.45. The Hall–Kier alpha value is -1.79. The minimum absolute atomic E-state index is 0.0488. The molecule has 7 nitrogen and oxygen atoms in total. The molecule has 0 spiro atoms. The highest BCUT2D eigenvalue weighted by Gasteiger charge is 2.45. The summed E-state index contributed by atoms with van der Waals surface area (Å²) in [5.74, 6) is 0.360. The van der Waals surface area contributed by atoms with Crippen LogP contribution in [0.15, 0.2) is 4.99 Å². The van der Waals surface area contributed by atoms with Gasteiger partial charge in [-0.15, -0.1) is 0 Å².